The Labute approximate surface area is 218 Å². The topological polar surface area (TPSA) is 71.0 Å². The van der Waals surface area contributed by atoms with Gasteiger partial charge in [0.2, 0.25) is 11.8 Å². The lowest BCUT2D eigenvalue weighted by molar-refractivity contribution is -0.129. The van der Waals surface area contributed by atoms with E-state index >= 15 is 0 Å². The molecular weight excluding hydrogens is 505 g/mol. The molecule has 1 atom stereocenters. The minimum Gasteiger partial charge on any atom is -0.497 e. The number of carbonyl (C=O) groups excluding carboxylic acids is 2. The summed E-state index contributed by atoms with van der Waals surface area (Å²) in [5, 5.41) is 3.76. The summed E-state index contributed by atoms with van der Waals surface area (Å²) in [7, 11) is 1.59. The monoisotopic (exact) mass is 527 g/mol. The molecule has 1 saturated heterocycles. The number of thioether (sulfide) groups is 1. The minimum absolute atomic E-state index is 0.0587. The maximum Gasteiger partial charge on any atom is 0.238 e. The summed E-state index contributed by atoms with van der Waals surface area (Å²) in [4.78, 5) is 32.6. The third-order valence-corrected chi connectivity index (χ3v) is 7.17. The Morgan fingerprint density at radius 3 is 2.49 bits per heavy atom. The highest BCUT2D eigenvalue weighted by Crippen LogP contribution is 2.31. The van der Waals surface area contributed by atoms with Crippen molar-refractivity contribution in [2.45, 2.75) is 18.1 Å². The molecule has 0 radical (unpaired) electrons. The lowest BCUT2D eigenvalue weighted by Crippen LogP contribution is -2.46. The molecule has 3 aromatic carbocycles. The first kappa shape index (κ1) is 25.1. The van der Waals surface area contributed by atoms with Crippen molar-refractivity contribution < 1.29 is 14.3 Å². The van der Waals surface area contributed by atoms with Gasteiger partial charge in [-0.25, -0.2) is 4.99 Å². The smallest absolute Gasteiger partial charge is 0.238 e. The van der Waals surface area contributed by atoms with Crippen molar-refractivity contribution in [3.8, 4) is 5.75 Å². The summed E-state index contributed by atoms with van der Waals surface area (Å²) < 4.78 is 5.22. The number of amides is 2. The molecule has 4 rings (SSSR count). The molecular formula is C26H23Cl2N3O3S. The lowest BCUT2D eigenvalue weighted by atomic mass is 10.1. The standard InChI is InChI=1S/C26H23Cl2N3O3S/c1-34-20-12-10-19(11-13-20)29-26-31(15-14-17-6-8-18(27)9-7-17)24(32)16-23(35-26)25(33)30-22-5-3-2-4-21(22)28/h2-13,23H,14-16H2,1H3,(H,30,33). The van der Waals surface area contributed by atoms with Gasteiger partial charge in [0.05, 0.1) is 23.5 Å². The first-order valence-electron chi connectivity index (χ1n) is 10.9. The number of anilines is 1. The van der Waals surface area contributed by atoms with Crippen molar-refractivity contribution in [3.05, 3.63) is 88.4 Å². The quantitative estimate of drug-likeness (QED) is 0.396. The molecule has 1 unspecified atom stereocenters. The van der Waals surface area contributed by atoms with Crippen molar-refractivity contribution in [3.63, 3.8) is 0 Å². The fraction of sp³-hybridized carbons (Fsp3) is 0.192. The first-order chi connectivity index (χ1) is 16.9. The Morgan fingerprint density at radius 2 is 1.80 bits per heavy atom. The molecule has 3 aromatic rings. The van der Waals surface area contributed by atoms with E-state index in [1.165, 1.54) is 11.8 Å². The van der Waals surface area contributed by atoms with Crippen LogP contribution in [0.25, 0.3) is 0 Å². The summed E-state index contributed by atoms with van der Waals surface area (Å²) in [5.41, 5.74) is 2.21. The minimum atomic E-state index is -0.637. The van der Waals surface area contributed by atoms with Gasteiger partial charge < -0.3 is 10.1 Å². The largest absolute Gasteiger partial charge is 0.497 e. The number of halogens is 2. The van der Waals surface area contributed by atoms with Crippen molar-refractivity contribution in [2.24, 2.45) is 4.99 Å². The molecule has 35 heavy (non-hydrogen) atoms. The van der Waals surface area contributed by atoms with Crippen molar-refractivity contribution >= 4 is 63.3 Å². The maximum atomic E-state index is 13.2. The molecule has 0 spiro atoms. The highest BCUT2D eigenvalue weighted by Gasteiger charge is 2.36. The average Bonchev–Trinajstić information content (AvgIpc) is 2.86. The zero-order valence-electron chi connectivity index (χ0n) is 18.9. The summed E-state index contributed by atoms with van der Waals surface area (Å²) >= 11 is 13.4. The summed E-state index contributed by atoms with van der Waals surface area (Å²) in [6, 6.07) is 21.7. The average molecular weight is 528 g/mol. The Hall–Kier alpha value is -3.00. The van der Waals surface area contributed by atoms with E-state index in [1.807, 2.05) is 36.4 Å². The van der Waals surface area contributed by atoms with Crippen LogP contribution in [0.3, 0.4) is 0 Å². The second kappa shape index (κ2) is 11.6. The van der Waals surface area contributed by atoms with Crippen LogP contribution in [0.1, 0.15) is 12.0 Å². The third-order valence-electron chi connectivity index (χ3n) is 5.40. The molecule has 1 heterocycles. The van der Waals surface area contributed by atoms with Gasteiger partial charge >= 0.3 is 0 Å². The summed E-state index contributed by atoms with van der Waals surface area (Å²) in [5.74, 6) is 0.249. The van der Waals surface area contributed by atoms with Crippen LogP contribution in [0.5, 0.6) is 5.75 Å². The zero-order valence-corrected chi connectivity index (χ0v) is 21.2. The molecule has 1 fully saturated rings. The Kier molecular flexibility index (Phi) is 8.33. The van der Waals surface area contributed by atoms with Crippen LogP contribution in [-0.2, 0) is 16.0 Å². The van der Waals surface area contributed by atoms with Gasteiger partial charge in [0.15, 0.2) is 5.17 Å². The molecule has 1 aliphatic rings. The number of rotatable bonds is 7. The van der Waals surface area contributed by atoms with E-state index in [0.29, 0.717) is 45.3 Å². The van der Waals surface area contributed by atoms with Crippen LogP contribution in [-0.4, -0.2) is 40.8 Å². The summed E-state index contributed by atoms with van der Waals surface area (Å²) in [6.07, 6.45) is 0.685. The fourth-order valence-corrected chi connectivity index (χ4v) is 4.93. The molecule has 1 N–H and O–H groups in total. The van der Waals surface area contributed by atoms with E-state index in [4.69, 9.17) is 32.9 Å². The van der Waals surface area contributed by atoms with Crippen molar-refractivity contribution in [1.82, 2.24) is 4.90 Å². The van der Waals surface area contributed by atoms with Crippen LogP contribution >= 0.6 is 35.0 Å². The zero-order chi connectivity index (χ0) is 24.8. The highest BCUT2D eigenvalue weighted by atomic mass is 35.5. The molecule has 0 aliphatic carbocycles. The number of methoxy groups -OCH3 is 1. The molecule has 0 bridgehead atoms. The lowest BCUT2D eigenvalue weighted by Gasteiger charge is -2.32. The number of hydrogen-bond donors (Lipinski definition) is 1. The maximum absolute atomic E-state index is 13.2. The number of nitrogens with one attached hydrogen (secondary N) is 1. The fourth-order valence-electron chi connectivity index (χ4n) is 3.50. The molecule has 0 aromatic heterocycles. The normalized spacial score (nSPS) is 16.9. The third kappa shape index (κ3) is 6.57. The molecule has 1 aliphatic heterocycles. The number of carbonyl (C=O) groups is 2. The van der Waals surface area contributed by atoms with Gasteiger partial charge in [-0.1, -0.05) is 59.2 Å². The van der Waals surface area contributed by atoms with Crippen molar-refractivity contribution in [1.29, 1.82) is 0 Å². The Morgan fingerprint density at radius 1 is 1.09 bits per heavy atom. The number of aliphatic imine (C=N–C) groups is 1. The van der Waals surface area contributed by atoms with Crippen LogP contribution < -0.4 is 10.1 Å². The van der Waals surface area contributed by atoms with Crippen LogP contribution in [0.2, 0.25) is 10.0 Å². The number of hydrogen-bond acceptors (Lipinski definition) is 5. The van der Waals surface area contributed by atoms with Crippen LogP contribution in [0.15, 0.2) is 77.8 Å². The number of para-hydroxylation sites is 1. The first-order valence-corrected chi connectivity index (χ1v) is 12.6. The van der Waals surface area contributed by atoms with Crippen LogP contribution in [0, 0.1) is 0 Å². The number of amidine groups is 1. The van der Waals surface area contributed by atoms with Gasteiger partial charge in [-0.15, -0.1) is 0 Å². The summed E-state index contributed by atoms with van der Waals surface area (Å²) in [6.45, 7) is 0.432. The number of ether oxygens (including phenoxy) is 1. The SMILES string of the molecule is COc1ccc(N=C2SC(C(=O)Nc3ccccc3Cl)CC(=O)N2CCc2ccc(Cl)cc2)cc1. The van der Waals surface area contributed by atoms with E-state index in [2.05, 4.69) is 5.32 Å². The second-order valence-electron chi connectivity index (χ2n) is 7.79. The van der Waals surface area contributed by atoms with Gasteiger partial charge in [0.25, 0.3) is 0 Å². The van der Waals surface area contributed by atoms with E-state index in [-0.39, 0.29) is 18.2 Å². The number of nitrogens with zero attached hydrogens (tertiary/aromatic N) is 2. The molecule has 0 saturated carbocycles. The number of benzene rings is 3. The molecule has 2 amide bonds. The van der Waals surface area contributed by atoms with E-state index in [9.17, 15) is 9.59 Å². The van der Waals surface area contributed by atoms with E-state index in [0.717, 1.165) is 5.56 Å². The predicted molar refractivity (Wildman–Crippen MR) is 143 cm³/mol. The highest BCUT2D eigenvalue weighted by molar-refractivity contribution is 8.15. The molecule has 6 nitrogen and oxygen atoms in total. The van der Waals surface area contributed by atoms with Gasteiger partial charge in [-0.2, -0.15) is 0 Å². The predicted octanol–water partition coefficient (Wildman–Crippen LogP) is 6.21. The molecule has 180 valence electrons. The van der Waals surface area contributed by atoms with Gasteiger partial charge in [0, 0.05) is 18.0 Å². The second-order valence-corrected chi connectivity index (χ2v) is 9.81. The molecule has 9 heteroatoms. The van der Waals surface area contributed by atoms with Gasteiger partial charge in [-0.05, 0) is 60.5 Å². The Balaban J connectivity index is 1.56. The van der Waals surface area contributed by atoms with Gasteiger partial charge in [0.1, 0.15) is 11.0 Å². The van der Waals surface area contributed by atoms with Crippen molar-refractivity contribution in [2.75, 3.05) is 19.0 Å². The van der Waals surface area contributed by atoms with E-state index in [1.54, 1.807) is 48.4 Å². The van der Waals surface area contributed by atoms with Gasteiger partial charge in [-0.3, -0.25) is 14.5 Å². The van der Waals surface area contributed by atoms with Crippen LogP contribution in [0.4, 0.5) is 11.4 Å². The Bertz CT molecular complexity index is 1230. The van der Waals surface area contributed by atoms with E-state index < -0.39 is 5.25 Å².